The van der Waals surface area contributed by atoms with Crippen LogP contribution in [0.2, 0.25) is 0 Å². The van der Waals surface area contributed by atoms with Crippen LogP contribution in [0.5, 0.6) is 5.75 Å². The van der Waals surface area contributed by atoms with Crippen LogP contribution in [0.25, 0.3) is 6.08 Å². The number of terminal acetylenes is 1. The molecule has 1 aliphatic rings. The average molecular weight is 439 g/mol. The Hall–Kier alpha value is -3.37. The molecule has 3 rings (SSSR count). The summed E-state index contributed by atoms with van der Waals surface area (Å²) in [7, 11) is 0. The van der Waals surface area contributed by atoms with Crippen molar-refractivity contribution in [3.63, 3.8) is 0 Å². The number of urea groups is 1. The number of aryl methyl sites for hydroxylation is 1. The molecule has 140 valence electrons. The van der Waals surface area contributed by atoms with E-state index in [1.807, 2.05) is 0 Å². The maximum atomic E-state index is 12.9. The molecule has 1 fully saturated rings. The Morgan fingerprint density at radius 3 is 2.54 bits per heavy atom. The van der Waals surface area contributed by atoms with Crippen LogP contribution in [0.4, 0.5) is 10.5 Å². The fraction of sp³-hybridized carbons (Fsp3) is 0.0952. The predicted molar refractivity (Wildman–Crippen MR) is 109 cm³/mol. The molecule has 4 amide bonds. The normalized spacial score (nSPS) is 15.4. The molecule has 0 spiro atoms. The fourth-order valence-electron chi connectivity index (χ4n) is 2.70. The third-order valence-corrected chi connectivity index (χ3v) is 4.51. The summed E-state index contributed by atoms with van der Waals surface area (Å²) < 4.78 is 6.11. The number of benzene rings is 2. The van der Waals surface area contributed by atoms with Crippen LogP contribution >= 0.6 is 15.9 Å². The third-order valence-electron chi connectivity index (χ3n) is 4.01. The minimum Gasteiger partial charge on any atom is -0.481 e. The smallest absolute Gasteiger partial charge is 0.335 e. The van der Waals surface area contributed by atoms with Crippen LogP contribution in [0, 0.1) is 19.3 Å². The van der Waals surface area contributed by atoms with Crippen molar-refractivity contribution < 1.29 is 19.1 Å². The second kappa shape index (κ2) is 8.11. The molecule has 2 aromatic carbocycles. The number of carbonyl (C=O) groups is 3. The van der Waals surface area contributed by atoms with Crippen LogP contribution in [0.15, 0.2) is 52.5 Å². The topological polar surface area (TPSA) is 75.7 Å². The zero-order valence-electron chi connectivity index (χ0n) is 14.9. The molecule has 1 aliphatic heterocycles. The largest absolute Gasteiger partial charge is 0.481 e. The Balaban J connectivity index is 1.93. The molecular weight excluding hydrogens is 424 g/mol. The third kappa shape index (κ3) is 3.97. The van der Waals surface area contributed by atoms with Gasteiger partial charge in [0.2, 0.25) is 0 Å². The first-order chi connectivity index (χ1) is 13.4. The fourth-order valence-corrected chi connectivity index (χ4v) is 3.17. The molecule has 0 saturated carbocycles. The lowest BCUT2D eigenvalue weighted by Gasteiger charge is -2.27. The van der Waals surface area contributed by atoms with Gasteiger partial charge in [-0.05, 0) is 54.5 Å². The highest BCUT2D eigenvalue weighted by Gasteiger charge is 2.37. The minimum absolute atomic E-state index is 0.140. The van der Waals surface area contributed by atoms with Gasteiger partial charge in [-0.1, -0.05) is 34.0 Å². The van der Waals surface area contributed by atoms with E-state index in [0.717, 1.165) is 9.37 Å². The van der Waals surface area contributed by atoms with Crippen molar-refractivity contribution in [3.8, 4) is 18.1 Å². The highest BCUT2D eigenvalue weighted by molar-refractivity contribution is 9.10. The number of ether oxygens (including phenoxy) is 1. The van der Waals surface area contributed by atoms with E-state index in [9.17, 15) is 14.4 Å². The lowest BCUT2D eigenvalue weighted by Crippen LogP contribution is -2.54. The van der Waals surface area contributed by atoms with Gasteiger partial charge in [-0.15, -0.1) is 6.42 Å². The summed E-state index contributed by atoms with van der Waals surface area (Å²) in [6, 6.07) is 11.1. The molecule has 1 heterocycles. The zero-order valence-corrected chi connectivity index (χ0v) is 16.4. The molecule has 0 unspecified atom stereocenters. The molecule has 1 saturated heterocycles. The van der Waals surface area contributed by atoms with Gasteiger partial charge in [0.1, 0.15) is 17.9 Å². The summed E-state index contributed by atoms with van der Waals surface area (Å²) in [5.41, 5.74) is 1.58. The van der Waals surface area contributed by atoms with E-state index in [0.29, 0.717) is 22.6 Å². The van der Waals surface area contributed by atoms with Crippen molar-refractivity contribution in [2.45, 2.75) is 6.92 Å². The van der Waals surface area contributed by atoms with Gasteiger partial charge < -0.3 is 4.74 Å². The SMILES string of the molecule is C#CCOc1ccc(/C=C2/C(=O)NC(=O)N(c3ccc(Br)cc3C)C2=O)cc1. The molecule has 6 nitrogen and oxygen atoms in total. The molecule has 0 aliphatic carbocycles. The Bertz CT molecular complexity index is 1040. The maximum absolute atomic E-state index is 12.9. The lowest BCUT2D eigenvalue weighted by molar-refractivity contribution is -0.122. The van der Waals surface area contributed by atoms with Gasteiger partial charge >= 0.3 is 6.03 Å². The summed E-state index contributed by atoms with van der Waals surface area (Å²) in [5, 5.41) is 2.21. The number of barbiturate groups is 1. The molecule has 2 aromatic rings. The van der Waals surface area contributed by atoms with Gasteiger partial charge in [0.25, 0.3) is 11.8 Å². The molecule has 7 heteroatoms. The van der Waals surface area contributed by atoms with E-state index < -0.39 is 17.8 Å². The monoisotopic (exact) mass is 438 g/mol. The highest BCUT2D eigenvalue weighted by Crippen LogP contribution is 2.27. The average Bonchev–Trinajstić information content (AvgIpc) is 2.66. The number of nitrogens with one attached hydrogen (secondary N) is 1. The van der Waals surface area contributed by atoms with Crippen molar-refractivity contribution in [1.29, 1.82) is 0 Å². The number of imide groups is 2. The van der Waals surface area contributed by atoms with Crippen molar-refractivity contribution in [2.24, 2.45) is 0 Å². The molecule has 0 atom stereocenters. The summed E-state index contributed by atoms with van der Waals surface area (Å²) in [6.45, 7) is 1.92. The first-order valence-electron chi connectivity index (χ1n) is 8.24. The number of rotatable bonds is 4. The Morgan fingerprint density at radius 1 is 1.18 bits per heavy atom. The highest BCUT2D eigenvalue weighted by atomic mass is 79.9. The Kier molecular flexibility index (Phi) is 5.62. The number of hydrogen-bond acceptors (Lipinski definition) is 4. The van der Waals surface area contributed by atoms with Crippen LogP contribution in [-0.2, 0) is 9.59 Å². The number of anilines is 1. The number of nitrogens with zero attached hydrogens (tertiary/aromatic N) is 1. The zero-order chi connectivity index (χ0) is 20.3. The van der Waals surface area contributed by atoms with Crippen molar-refractivity contribution >= 4 is 45.5 Å². The molecule has 0 aromatic heterocycles. The summed E-state index contributed by atoms with van der Waals surface area (Å²) in [5.74, 6) is 1.51. The second-order valence-electron chi connectivity index (χ2n) is 5.95. The second-order valence-corrected chi connectivity index (χ2v) is 6.87. The molecule has 1 N–H and O–H groups in total. The van der Waals surface area contributed by atoms with Gasteiger partial charge in [0.05, 0.1) is 5.69 Å². The van der Waals surface area contributed by atoms with Gasteiger partial charge in [-0.3, -0.25) is 14.9 Å². The quantitative estimate of drug-likeness (QED) is 0.450. The first-order valence-corrected chi connectivity index (χ1v) is 9.04. The van der Waals surface area contributed by atoms with E-state index in [1.165, 1.54) is 6.08 Å². The number of hydrogen-bond donors (Lipinski definition) is 1. The van der Waals surface area contributed by atoms with Gasteiger partial charge in [-0.25, -0.2) is 9.69 Å². The van der Waals surface area contributed by atoms with Crippen LogP contribution < -0.4 is 15.0 Å². The summed E-state index contributed by atoms with van der Waals surface area (Å²) in [6.07, 6.45) is 6.58. The molecule has 0 radical (unpaired) electrons. The van der Waals surface area contributed by atoms with Crippen molar-refractivity contribution in [3.05, 3.63) is 63.6 Å². The standard InChI is InChI=1S/C21H15BrN2O4/c1-3-10-28-16-7-4-14(5-8-16)12-17-19(25)23-21(27)24(20(17)26)18-9-6-15(22)11-13(18)2/h1,4-9,11-12H,10H2,2H3,(H,23,25,27)/b17-12-. The first kappa shape index (κ1) is 19.4. The molecule has 28 heavy (non-hydrogen) atoms. The van der Waals surface area contributed by atoms with E-state index in [4.69, 9.17) is 11.2 Å². The minimum atomic E-state index is -0.782. The van der Waals surface area contributed by atoms with Crippen LogP contribution in [0.1, 0.15) is 11.1 Å². The molecule has 0 bridgehead atoms. The van der Waals surface area contributed by atoms with Gasteiger partial charge in [0.15, 0.2) is 0 Å². The number of carbonyl (C=O) groups excluding carboxylic acids is 3. The van der Waals surface area contributed by atoms with E-state index in [2.05, 4.69) is 27.2 Å². The summed E-state index contributed by atoms with van der Waals surface area (Å²) >= 11 is 3.35. The van der Waals surface area contributed by atoms with Crippen LogP contribution in [0.3, 0.4) is 0 Å². The predicted octanol–water partition coefficient (Wildman–Crippen LogP) is 3.44. The van der Waals surface area contributed by atoms with Gasteiger partial charge in [-0.2, -0.15) is 0 Å². The Morgan fingerprint density at radius 2 is 1.89 bits per heavy atom. The van der Waals surface area contributed by atoms with E-state index >= 15 is 0 Å². The summed E-state index contributed by atoms with van der Waals surface area (Å²) in [4.78, 5) is 38.4. The van der Waals surface area contributed by atoms with Crippen molar-refractivity contribution in [1.82, 2.24) is 5.32 Å². The van der Waals surface area contributed by atoms with Gasteiger partial charge in [0, 0.05) is 4.47 Å². The number of halogens is 1. The van der Waals surface area contributed by atoms with Crippen molar-refractivity contribution in [2.75, 3.05) is 11.5 Å². The maximum Gasteiger partial charge on any atom is 0.335 e. The lowest BCUT2D eigenvalue weighted by atomic mass is 10.1. The number of amides is 4. The van der Waals surface area contributed by atoms with E-state index in [1.54, 1.807) is 49.4 Å². The molecular formula is C21H15BrN2O4. The van der Waals surface area contributed by atoms with Crippen LogP contribution in [-0.4, -0.2) is 24.5 Å². The van der Waals surface area contributed by atoms with E-state index in [-0.39, 0.29) is 12.2 Å². The Labute approximate surface area is 170 Å².